The van der Waals surface area contributed by atoms with Gasteiger partial charge in [-0.3, -0.25) is 0 Å². The zero-order chi connectivity index (χ0) is 45.5. The van der Waals surface area contributed by atoms with Gasteiger partial charge in [0, 0.05) is 33.6 Å². The first-order valence-electron chi connectivity index (χ1n) is 24.6. The van der Waals surface area contributed by atoms with Crippen molar-refractivity contribution in [3.63, 3.8) is 0 Å². The predicted octanol–water partition coefficient (Wildman–Crippen LogP) is 16.1. The standard InChI is InChI=1S/C63H54N4/c1-60-29-7-9-31-62(60,3)66(47-21-13-40(38-64)14-22-47)57-27-19-44(36-55(57)60)42-17-25-49-46(33-42)35-54-51-26-18-43(34-53(51)50-11-5-6-12-52(50)59(49)54)45-20-28-58-56(37-45)61(2)30-8-10-32-63(61,4)67(58)48-23-15-41(39-65)16-24-48/h5-6,11-28,33-34,36-37H,7-10,29-32,35H2,1-4H3. The predicted molar refractivity (Wildman–Crippen MR) is 276 cm³/mol. The SMILES string of the molecule is CC12CCCCC1(C)N(c1ccc(C#N)cc1)c1ccc(-c3ccc4c(c3)Cc3c-4c4ccccc4c4cc(-c5ccc6c(c5)C5(C)CCCCC5(C)N6c5ccc(C#N)cc5)ccc34)cc12. The Kier molecular flexibility index (Phi) is 8.50. The largest absolute Gasteiger partial charge is 0.334 e. The molecule has 0 spiro atoms. The van der Waals surface area contributed by atoms with Crippen LogP contribution in [0, 0.1) is 22.7 Å². The van der Waals surface area contributed by atoms with Crippen LogP contribution >= 0.6 is 0 Å². The van der Waals surface area contributed by atoms with E-state index in [4.69, 9.17) is 0 Å². The highest BCUT2D eigenvalue weighted by Gasteiger charge is 2.59. The summed E-state index contributed by atoms with van der Waals surface area (Å²) in [5, 5.41) is 24.4. The molecule has 326 valence electrons. The summed E-state index contributed by atoms with van der Waals surface area (Å²) in [6.45, 7) is 9.95. The first kappa shape index (κ1) is 40.2. The van der Waals surface area contributed by atoms with Gasteiger partial charge in [0.15, 0.2) is 0 Å². The monoisotopic (exact) mass is 866 g/mol. The highest BCUT2D eigenvalue weighted by molar-refractivity contribution is 6.18. The maximum Gasteiger partial charge on any atom is 0.0991 e. The van der Waals surface area contributed by atoms with Gasteiger partial charge in [-0.05, 0) is 202 Å². The van der Waals surface area contributed by atoms with Gasteiger partial charge in [-0.25, -0.2) is 0 Å². The Morgan fingerprint density at radius 1 is 0.448 bits per heavy atom. The summed E-state index contributed by atoms with van der Waals surface area (Å²) in [5.74, 6) is 0. The number of fused-ring (bicyclic) bond motifs is 14. The fourth-order valence-electron chi connectivity index (χ4n) is 14.3. The molecule has 4 nitrogen and oxygen atoms in total. The summed E-state index contributed by atoms with van der Waals surface area (Å²) in [4.78, 5) is 5.19. The van der Waals surface area contributed by atoms with E-state index in [1.165, 1.54) is 126 Å². The lowest BCUT2D eigenvalue weighted by molar-refractivity contribution is 0.195. The molecule has 2 aliphatic heterocycles. The van der Waals surface area contributed by atoms with E-state index in [1.807, 2.05) is 24.3 Å². The minimum Gasteiger partial charge on any atom is -0.334 e. The van der Waals surface area contributed by atoms with Crippen LogP contribution in [0.4, 0.5) is 22.7 Å². The lowest BCUT2D eigenvalue weighted by Crippen LogP contribution is -2.54. The van der Waals surface area contributed by atoms with Crippen molar-refractivity contribution in [2.24, 2.45) is 0 Å². The van der Waals surface area contributed by atoms with Crippen molar-refractivity contribution in [2.45, 2.75) is 107 Å². The Hall–Kier alpha value is -7.14. The maximum absolute atomic E-state index is 9.57. The molecule has 3 aliphatic carbocycles. The van der Waals surface area contributed by atoms with Crippen LogP contribution in [0.3, 0.4) is 0 Å². The number of nitriles is 2. The number of hydrogen-bond acceptors (Lipinski definition) is 4. The van der Waals surface area contributed by atoms with Crippen LogP contribution in [0.15, 0.2) is 146 Å². The fourth-order valence-corrected chi connectivity index (χ4v) is 14.3. The summed E-state index contributed by atoms with van der Waals surface area (Å²) >= 11 is 0. The quantitative estimate of drug-likeness (QED) is 0.165. The van der Waals surface area contributed by atoms with Gasteiger partial charge in [-0.15, -0.1) is 0 Å². The number of hydrogen-bond donors (Lipinski definition) is 0. The van der Waals surface area contributed by atoms with Crippen molar-refractivity contribution in [1.82, 2.24) is 0 Å². The first-order chi connectivity index (χ1) is 32.6. The first-order valence-corrected chi connectivity index (χ1v) is 24.6. The van der Waals surface area contributed by atoms with Crippen LogP contribution in [-0.2, 0) is 17.3 Å². The van der Waals surface area contributed by atoms with Crippen molar-refractivity contribution in [2.75, 3.05) is 9.80 Å². The molecule has 0 radical (unpaired) electrons. The highest BCUT2D eigenvalue weighted by Crippen LogP contribution is 2.63. The van der Waals surface area contributed by atoms with E-state index in [1.54, 1.807) is 0 Å². The summed E-state index contributed by atoms with van der Waals surface area (Å²) < 4.78 is 0. The van der Waals surface area contributed by atoms with Gasteiger partial charge in [0.05, 0.1) is 34.3 Å². The molecule has 8 aromatic carbocycles. The summed E-state index contributed by atoms with van der Waals surface area (Å²) in [7, 11) is 0. The van der Waals surface area contributed by atoms with Gasteiger partial charge >= 0.3 is 0 Å². The van der Waals surface area contributed by atoms with Crippen molar-refractivity contribution in [3.8, 4) is 45.5 Å². The second kappa shape index (κ2) is 14.2. The van der Waals surface area contributed by atoms with Crippen molar-refractivity contribution in [1.29, 1.82) is 10.5 Å². The Morgan fingerprint density at radius 3 is 1.48 bits per heavy atom. The molecule has 8 aromatic rings. The lowest BCUT2D eigenvalue weighted by Gasteiger charge is -2.50. The molecule has 0 aromatic heterocycles. The molecule has 0 bridgehead atoms. The zero-order valence-electron chi connectivity index (χ0n) is 39.0. The van der Waals surface area contributed by atoms with Gasteiger partial charge in [0.1, 0.15) is 0 Å². The van der Waals surface area contributed by atoms with E-state index in [-0.39, 0.29) is 21.9 Å². The lowest BCUT2D eigenvalue weighted by atomic mass is 9.61. The van der Waals surface area contributed by atoms with Crippen LogP contribution in [0.1, 0.15) is 112 Å². The van der Waals surface area contributed by atoms with E-state index in [0.29, 0.717) is 11.1 Å². The number of anilines is 4. The van der Waals surface area contributed by atoms with E-state index >= 15 is 0 Å². The van der Waals surface area contributed by atoms with Gasteiger partial charge in [-0.2, -0.15) is 10.5 Å². The molecule has 0 N–H and O–H groups in total. The van der Waals surface area contributed by atoms with Gasteiger partial charge < -0.3 is 9.80 Å². The van der Waals surface area contributed by atoms with E-state index in [9.17, 15) is 10.5 Å². The van der Waals surface area contributed by atoms with Gasteiger partial charge in [0.2, 0.25) is 0 Å². The summed E-state index contributed by atoms with van der Waals surface area (Å²) in [6, 6.07) is 59.0. The van der Waals surface area contributed by atoms with Gasteiger partial charge in [0.25, 0.3) is 0 Å². The number of benzene rings is 8. The normalized spacial score (nSPS) is 24.3. The Bertz CT molecular complexity index is 3500. The van der Waals surface area contributed by atoms with Crippen LogP contribution in [0.2, 0.25) is 0 Å². The molecule has 2 fully saturated rings. The molecule has 0 saturated heterocycles. The molecule has 0 amide bonds. The Balaban J connectivity index is 0.882. The average Bonchev–Trinajstić information content (AvgIpc) is 3.92. The molecule has 2 heterocycles. The molecular weight excluding hydrogens is 813 g/mol. The Labute approximate surface area is 394 Å². The van der Waals surface area contributed by atoms with E-state index < -0.39 is 0 Å². The van der Waals surface area contributed by atoms with Crippen molar-refractivity contribution in [3.05, 3.63) is 179 Å². The average molecular weight is 867 g/mol. The smallest absolute Gasteiger partial charge is 0.0991 e. The number of rotatable bonds is 4. The molecule has 2 saturated carbocycles. The summed E-state index contributed by atoms with van der Waals surface area (Å²) in [6.07, 6.45) is 10.4. The number of nitrogens with zero attached hydrogens (tertiary/aromatic N) is 4. The van der Waals surface area contributed by atoms with Crippen LogP contribution in [-0.4, -0.2) is 11.1 Å². The third-order valence-electron chi connectivity index (χ3n) is 18.3. The molecule has 67 heavy (non-hydrogen) atoms. The van der Waals surface area contributed by atoms with E-state index in [2.05, 4.69) is 171 Å². The fraction of sp³-hybridized carbons (Fsp3) is 0.270. The molecule has 4 atom stereocenters. The van der Waals surface area contributed by atoms with E-state index in [0.717, 1.165) is 32.1 Å². The molecule has 13 rings (SSSR count). The highest BCUT2D eigenvalue weighted by atomic mass is 15.3. The van der Waals surface area contributed by atoms with Crippen LogP contribution < -0.4 is 9.80 Å². The van der Waals surface area contributed by atoms with Crippen molar-refractivity contribution >= 4 is 44.3 Å². The zero-order valence-corrected chi connectivity index (χ0v) is 39.0. The minimum atomic E-state index is -0.0563. The molecule has 5 aliphatic rings. The minimum absolute atomic E-state index is 0.000215. The van der Waals surface area contributed by atoms with Gasteiger partial charge in [-0.1, -0.05) is 106 Å². The molecule has 4 unspecified atom stereocenters. The summed E-state index contributed by atoms with van der Waals surface area (Å²) in [5.41, 5.74) is 19.8. The second-order valence-corrected chi connectivity index (χ2v) is 21.3. The van der Waals surface area contributed by atoms with Crippen molar-refractivity contribution < 1.29 is 0 Å². The maximum atomic E-state index is 9.57. The Morgan fingerprint density at radius 2 is 0.925 bits per heavy atom. The molecule has 4 heteroatoms. The van der Waals surface area contributed by atoms with Crippen LogP contribution in [0.25, 0.3) is 54.9 Å². The topological polar surface area (TPSA) is 54.1 Å². The third-order valence-corrected chi connectivity index (χ3v) is 18.3. The van der Waals surface area contributed by atoms with Crippen LogP contribution in [0.5, 0.6) is 0 Å². The second-order valence-electron chi connectivity index (χ2n) is 21.3. The third kappa shape index (κ3) is 5.39. The molecular formula is C63H54N4.